The van der Waals surface area contributed by atoms with Crippen LogP contribution in [0.4, 0.5) is 4.79 Å². The molecule has 2 aliphatic heterocycles. The van der Waals surface area contributed by atoms with Crippen molar-refractivity contribution in [1.82, 2.24) is 9.80 Å². The maximum atomic E-state index is 13.3. The zero-order valence-corrected chi connectivity index (χ0v) is 19.5. The summed E-state index contributed by atoms with van der Waals surface area (Å²) in [5, 5.41) is 2.06. The van der Waals surface area contributed by atoms with Crippen molar-refractivity contribution in [2.45, 2.75) is 89.7 Å². The fraction of sp³-hybridized carbons (Fsp3) is 0.750. The molecule has 2 saturated heterocycles. The highest BCUT2D eigenvalue weighted by molar-refractivity contribution is 7.10. The molecule has 0 radical (unpaired) electrons. The monoisotopic (exact) mass is 432 g/mol. The van der Waals surface area contributed by atoms with Gasteiger partial charge in [-0.1, -0.05) is 12.8 Å². The lowest BCUT2D eigenvalue weighted by atomic mass is 9.78. The Kier molecular flexibility index (Phi) is 6.42. The minimum absolute atomic E-state index is 0.213. The van der Waals surface area contributed by atoms with Gasteiger partial charge in [0.25, 0.3) is 5.91 Å². The lowest BCUT2D eigenvalue weighted by Crippen LogP contribution is -2.49. The lowest BCUT2D eigenvalue weighted by molar-refractivity contribution is 0.0205. The third kappa shape index (κ3) is 4.84. The quantitative estimate of drug-likeness (QED) is 0.606. The van der Waals surface area contributed by atoms with E-state index < -0.39 is 5.60 Å². The fourth-order valence-electron chi connectivity index (χ4n) is 5.39. The van der Waals surface area contributed by atoms with Crippen LogP contribution < -0.4 is 0 Å². The van der Waals surface area contributed by atoms with E-state index in [9.17, 15) is 9.59 Å². The highest BCUT2D eigenvalue weighted by Gasteiger charge is 2.36. The Labute approximate surface area is 184 Å². The smallest absolute Gasteiger partial charge is 0.410 e. The Bertz CT molecular complexity index is 759. The molecule has 0 aromatic carbocycles. The summed E-state index contributed by atoms with van der Waals surface area (Å²) in [6, 6.07) is 2.59. The predicted molar refractivity (Wildman–Crippen MR) is 120 cm³/mol. The van der Waals surface area contributed by atoms with Gasteiger partial charge in [0.15, 0.2) is 0 Å². The van der Waals surface area contributed by atoms with Crippen LogP contribution in [0.1, 0.15) is 93.3 Å². The normalized spacial score (nSPS) is 25.7. The maximum absolute atomic E-state index is 13.3. The van der Waals surface area contributed by atoms with Gasteiger partial charge in [0, 0.05) is 35.9 Å². The number of carbonyl (C=O) groups excluding carboxylic acids is 2. The molecular formula is C24H36N2O3S. The average Bonchev–Trinajstić information content (AvgIpc) is 3.22. The number of carbonyl (C=O) groups is 2. The first-order valence-corrected chi connectivity index (χ1v) is 12.6. The van der Waals surface area contributed by atoms with Crippen LogP contribution in [0.25, 0.3) is 0 Å². The molecule has 0 N–H and O–H groups in total. The van der Waals surface area contributed by atoms with Gasteiger partial charge in [-0.3, -0.25) is 4.79 Å². The van der Waals surface area contributed by atoms with Crippen molar-refractivity contribution in [2.75, 3.05) is 19.6 Å². The first-order chi connectivity index (χ1) is 14.3. The SMILES string of the molecule is CC(C)(C)OC(=O)N1CCC(c2cc(C(=O)N3CCC[C@H]4CCCC[C@H]43)cs2)CC1. The minimum Gasteiger partial charge on any atom is -0.444 e. The number of nitrogens with zero attached hydrogens (tertiary/aromatic N) is 2. The van der Waals surface area contributed by atoms with E-state index in [2.05, 4.69) is 16.3 Å². The first kappa shape index (κ1) is 21.7. The van der Waals surface area contributed by atoms with Crippen molar-refractivity contribution < 1.29 is 14.3 Å². The molecule has 1 aromatic rings. The van der Waals surface area contributed by atoms with Gasteiger partial charge in [-0.05, 0) is 77.2 Å². The van der Waals surface area contributed by atoms with Crippen molar-refractivity contribution in [3.8, 4) is 0 Å². The summed E-state index contributed by atoms with van der Waals surface area (Å²) >= 11 is 1.72. The molecule has 1 saturated carbocycles. The third-order valence-electron chi connectivity index (χ3n) is 6.92. The van der Waals surface area contributed by atoms with Gasteiger partial charge in [-0.25, -0.2) is 4.79 Å². The highest BCUT2D eigenvalue weighted by Crippen LogP contribution is 2.37. The van der Waals surface area contributed by atoms with Crippen molar-refractivity contribution in [1.29, 1.82) is 0 Å². The zero-order valence-electron chi connectivity index (χ0n) is 18.7. The van der Waals surface area contributed by atoms with E-state index in [1.54, 1.807) is 11.3 Å². The number of hydrogen-bond acceptors (Lipinski definition) is 4. The van der Waals surface area contributed by atoms with Crippen LogP contribution in [-0.4, -0.2) is 53.1 Å². The van der Waals surface area contributed by atoms with Crippen molar-refractivity contribution >= 4 is 23.3 Å². The summed E-state index contributed by atoms with van der Waals surface area (Å²) < 4.78 is 5.50. The molecule has 1 aliphatic carbocycles. The number of thiophene rings is 1. The standard InChI is InChI=1S/C24H36N2O3S/c1-24(2,3)29-23(28)25-13-10-18(11-14-25)21-15-19(16-30-21)22(27)26-12-6-8-17-7-4-5-9-20(17)26/h15-18,20H,4-14H2,1-3H3/t17-,20-/m1/s1. The molecule has 4 rings (SSSR count). The third-order valence-corrected chi connectivity index (χ3v) is 8.01. The molecule has 6 heteroatoms. The molecule has 0 spiro atoms. The Hall–Kier alpha value is -1.56. The van der Waals surface area contributed by atoms with Crippen LogP contribution in [0.2, 0.25) is 0 Å². The van der Waals surface area contributed by atoms with Crippen LogP contribution in [0.15, 0.2) is 11.4 Å². The van der Waals surface area contributed by atoms with Crippen molar-refractivity contribution in [3.63, 3.8) is 0 Å². The second kappa shape index (κ2) is 8.89. The average molecular weight is 433 g/mol. The van der Waals surface area contributed by atoms with E-state index in [0.717, 1.165) is 44.5 Å². The highest BCUT2D eigenvalue weighted by atomic mass is 32.1. The number of hydrogen-bond donors (Lipinski definition) is 0. The number of likely N-dealkylation sites (tertiary alicyclic amines) is 2. The lowest BCUT2D eigenvalue weighted by Gasteiger charge is -2.44. The summed E-state index contributed by atoms with van der Waals surface area (Å²) in [6.07, 6.45) is 9.14. The maximum Gasteiger partial charge on any atom is 0.410 e. The second-order valence-corrected chi connectivity index (χ2v) is 11.2. The Morgan fingerprint density at radius 3 is 2.43 bits per heavy atom. The predicted octanol–water partition coefficient (Wildman–Crippen LogP) is 5.66. The van der Waals surface area contributed by atoms with Gasteiger partial charge in [-0.15, -0.1) is 11.3 Å². The minimum atomic E-state index is -0.456. The van der Waals surface area contributed by atoms with Gasteiger partial charge in [0.05, 0.1) is 5.56 Å². The summed E-state index contributed by atoms with van der Waals surface area (Å²) in [7, 11) is 0. The van der Waals surface area contributed by atoms with Gasteiger partial charge < -0.3 is 14.5 Å². The molecule has 0 unspecified atom stereocenters. The van der Waals surface area contributed by atoms with Crippen molar-refractivity contribution in [2.24, 2.45) is 5.92 Å². The molecule has 3 heterocycles. The molecule has 0 bridgehead atoms. The molecule has 2 atom stereocenters. The van der Waals surface area contributed by atoms with Gasteiger partial charge in [-0.2, -0.15) is 0 Å². The number of rotatable bonds is 2. The van der Waals surface area contributed by atoms with E-state index in [-0.39, 0.29) is 12.0 Å². The van der Waals surface area contributed by atoms with E-state index in [0.29, 0.717) is 17.9 Å². The van der Waals surface area contributed by atoms with Crippen LogP contribution in [0.5, 0.6) is 0 Å². The van der Waals surface area contributed by atoms with E-state index >= 15 is 0 Å². The molecule has 2 amide bonds. The molecule has 30 heavy (non-hydrogen) atoms. The van der Waals surface area contributed by atoms with E-state index in [1.807, 2.05) is 25.7 Å². The summed E-state index contributed by atoms with van der Waals surface area (Å²) in [5.74, 6) is 1.38. The number of ether oxygens (including phenoxy) is 1. The second-order valence-electron chi connectivity index (χ2n) is 10.2. The molecule has 5 nitrogen and oxygen atoms in total. The van der Waals surface area contributed by atoms with Crippen LogP contribution in [0.3, 0.4) is 0 Å². The number of amides is 2. The molecular weight excluding hydrogens is 396 g/mol. The summed E-state index contributed by atoms with van der Waals surface area (Å²) in [6.45, 7) is 8.06. The van der Waals surface area contributed by atoms with Gasteiger partial charge in [0.2, 0.25) is 0 Å². The van der Waals surface area contributed by atoms with Gasteiger partial charge >= 0.3 is 6.09 Å². The van der Waals surface area contributed by atoms with Crippen LogP contribution in [-0.2, 0) is 4.74 Å². The van der Waals surface area contributed by atoms with Crippen LogP contribution in [0, 0.1) is 5.92 Å². The molecule has 1 aromatic heterocycles. The Morgan fingerprint density at radius 2 is 1.70 bits per heavy atom. The van der Waals surface area contributed by atoms with Crippen molar-refractivity contribution in [3.05, 3.63) is 21.9 Å². The molecule has 3 aliphatic rings. The number of piperidine rings is 2. The topological polar surface area (TPSA) is 49.9 Å². The number of fused-ring (bicyclic) bond motifs is 1. The van der Waals surface area contributed by atoms with E-state index in [1.165, 1.54) is 37.0 Å². The molecule has 3 fully saturated rings. The Morgan fingerprint density at radius 1 is 1.00 bits per heavy atom. The fourth-order valence-corrected chi connectivity index (χ4v) is 6.45. The molecule has 166 valence electrons. The van der Waals surface area contributed by atoms with Gasteiger partial charge in [0.1, 0.15) is 5.60 Å². The summed E-state index contributed by atoms with van der Waals surface area (Å²) in [5.41, 5.74) is 0.415. The van der Waals surface area contributed by atoms with Crippen LogP contribution >= 0.6 is 11.3 Å². The summed E-state index contributed by atoms with van der Waals surface area (Å²) in [4.78, 5) is 30.9. The largest absolute Gasteiger partial charge is 0.444 e. The van der Waals surface area contributed by atoms with E-state index in [4.69, 9.17) is 4.74 Å². The first-order valence-electron chi connectivity index (χ1n) is 11.7. The zero-order chi connectivity index (χ0) is 21.3. The Balaban J connectivity index is 1.35.